The molecule has 22 heavy (non-hydrogen) atoms. The Morgan fingerprint density at radius 3 is 2.09 bits per heavy atom. The number of sulfonamides is 1. The molecule has 2 rings (SSSR count). The summed E-state index contributed by atoms with van der Waals surface area (Å²) in [5, 5.41) is 9.30. The molecule has 116 valence electrons. The second kappa shape index (κ2) is 7.20. The van der Waals surface area contributed by atoms with Crippen molar-refractivity contribution < 1.29 is 18.3 Å². The van der Waals surface area contributed by atoms with Crippen molar-refractivity contribution in [3.8, 4) is 0 Å². The lowest BCUT2D eigenvalue weighted by Gasteiger charge is -2.13. The first-order valence-corrected chi connectivity index (χ1v) is 8.31. The molecule has 0 spiro atoms. The third-order valence-electron chi connectivity index (χ3n) is 3.28. The highest BCUT2D eigenvalue weighted by Gasteiger charge is 2.20. The molecule has 0 fully saturated rings. The Morgan fingerprint density at radius 1 is 1.00 bits per heavy atom. The summed E-state index contributed by atoms with van der Waals surface area (Å²) in [5.41, 5.74) is 0.661. The molecule has 0 aliphatic carbocycles. The van der Waals surface area contributed by atoms with Gasteiger partial charge in [-0.1, -0.05) is 48.5 Å². The SMILES string of the molecule is O=C(O)C(CCNS(=O)(=O)c1ccccc1)c1ccccc1. The van der Waals surface area contributed by atoms with Crippen LogP contribution in [0, 0.1) is 0 Å². The number of hydrogen-bond acceptors (Lipinski definition) is 3. The lowest BCUT2D eigenvalue weighted by Crippen LogP contribution is -2.27. The predicted octanol–water partition coefficient (Wildman–Crippen LogP) is 2.22. The Morgan fingerprint density at radius 2 is 1.55 bits per heavy atom. The Labute approximate surface area is 129 Å². The second-order valence-electron chi connectivity index (χ2n) is 4.80. The van der Waals surface area contributed by atoms with Crippen molar-refractivity contribution in [2.24, 2.45) is 0 Å². The summed E-state index contributed by atoms with van der Waals surface area (Å²) < 4.78 is 26.6. The van der Waals surface area contributed by atoms with Crippen molar-refractivity contribution >= 4 is 16.0 Å². The number of carboxylic acids is 1. The first-order valence-electron chi connectivity index (χ1n) is 6.83. The van der Waals surface area contributed by atoms with E-state index in [2.05, 4.69) is 4.72 Å². The van der Waals surface area contributed by atoms with Gasteiger partial charge in [0.1, 0.15) is 0 Å². The zero-order chi connectivity index (χ0) is 16.0. The van der Waals surface area contributed by atoms with Crippen molar-refractivity contribution in [2.75, 3.05) is 6.54 Å². The normalized spacial score (nSPS) is 12.7. The maximum absolute atomic E-state index is 12.1. The van der Waals surface area contributed by atoms with Gasteiger partial charge < -0.3 is 5.11 Å². The highest BCUT2D eigenvalue weighted by molar-refractivity contribution is 7.89. The van der Waals surface area contributed by atoms with E-state index in [0.29, 0.717) is 5.56 Å². The minimum Gasteiger partial charge on any atom is -0.481 e. The highest BCUT2D eigenvalue weighted by Crippen LogP contribution is 2.19. The van der Waals surface area contributed by atoms with Gasteiger partial charge in [-0.2, -0.15) is 0 Å². The van der Waals surface area contributed by atoms with Crippen molar-refractivity contribution in [1.29, 1.82) is 0 Å². The molecule has 0 heterocycles. The van der Waals surface area contributed by atoms with E-state index in [9.17, 15) is 18.3 Å². The molecule has 2 aromatic rings. The van der Waals surface area contributed by atoms with E-state index < -0.39 is 21.9 Å². The molecule has 0 bridgehead atoms. The number of rotatable bonds is 7. The van der Waals surface area contributed by atoms with Gasteiger partial charge in [0.15, 0.2) is 0 Å². The van der Waals surface area contributed by atoms with Gasteiger partial charge in [-0.15, -0.1) is 0 Å². The van der Waals surface area contributed by atoms with Crippen LogP contribution in [0.15, 0.2) is 65.6 Å². The monoisotopic (exact) mass is 319 g/mol. The minimum atomic E-state index is -3.61. The molecule has 1 atom stereocenters. The van der Waals surface area contributed by atoms with E-state index in [1.54, 1.807) is 48.5 Å². The number of carbonyl (C=O) groups is 1. The van der Waals surface area contributed by atoms with E-state index >= 15 is 0 Å². The highest BCUT2D eigenvalue weighted by atomic mass is 32.2. The molecule has 0 amide bonds. The second-order valence-corrected chi connectivity index (χ2v) is 6.57. The molecule has 2 N–H and O–H groups in total. The molecule has 1 unspecified atom stereocenters. The first kappa shape index (κ1) is 16.2. The molecule has 0 aliphatic rings. The van der Waals surface area contributed by atoms with Gasteiger partial charge in [-0.25, -0.2) is 13.1 Å². The van der Waals surface area contributed by atoms with Crippen molar-refractivity contribution in [3.05, 3.63) is 66.2 Å². The van der Waals surface area contributed by atoms with E-state index in [-0.39, 0.29) is 17.9 Å². The fourth-order valence-electron chi connectivity index (χ4n) is 2.14. The van der Waals surface area contributed by atoms with Crippen molar-refractivity contribution in [2.45, 2.75) is 17.2 Å². The van der Waals surface area contributed by atoms with Crippen LogP contribution in [0.1, 0.15) is 17.9 Å². The van der Waals surface area contributed by atoms with Gasteiger partial charge in [0, 0.05) is 6.54 Å². The molecule has 0 radical (unpaired) electrons. The fraction of sp³-hybridized carbons (Fsp3) is 0.188. The average molecular weight is 319 g/mol. The number of hydrogen-bond donors (Lipinski definition) is 2. The molecule has 5 nitrogen and oxygen atoms in total. The van der Waals surface area contributed by atoms with Gasteiger partial charge in [0.05, 0.1) is 10.8 Å². The van der Waals surface area contributed by atoms with Crippen molar-refractivity contribution in [3.63, 3.8) is 0 Å². The van der Waals surface area contributed by atoms with Gasteiger partial charge in [-0.3, -0.25) is 4.79 Å². The zero-order valence-corrected chi connectivity index (χ0v) is 12.7. The van der Waals surface area contributed by atoms with E-state index in [4.69, 9.17) is 0 Å². The molecular weight excluding hydrogens is 302 g/mol. The quantitative estimate of drug-likeness (QED) is 0.819. The summed E-state index contributed by atoms with van der Waals surface area (Å²) >= 11 is 0. The Bertz CT molecular complexity index is 714. The summed E-state index contributed by atoms with van der Waals surface area (Å²) in [4.78, 5) is 11.5. The lowest BCUT2D eigenvalue weighted by atomic mass is 9.96. The molecule has 0 saturated heterocycles. The number of nitrogens with one attached hydrogen (secondary N) is 1. The smallest absolute Gasteiger partial charge is 0.311 e. The Hall–Kier alpha value is -2.18. The Kier molecular flexibility index (Phi) is 5.30. The van der Waals surface area contributed by atoms with Crippen LogP contribution in [-0.2, 0) is 14.8 Å². The summed E-state index contributed by atoms with van der Waals surface area (Å²) in [7, 11) is -3.61. The number of carboxylic acid groups (broad SMARTS) is 1. The van der Waals surface area contributed by atoms with Crippen LogP contribution in [0.4, 0.5) is 0 Å². The third-order valence-corrected chi connectivity index (χ3v) is 4.76. The Balaban J connectivity index is 2.01. The average Bonchev–Trinajstić information content (AvgIpc) is 2.53. The fourth-order valence-corrected chi connectivity index (χ4v) is 3.21. The van der Waals surface area contributed by atoms with Gasteiger partial charge >= 0.3 is 5.97 Å². The van der Waals surface area contributed by atoms with Crippen LogP contribution in [0.3, 0.4) is 0 Å². The summed E-state index contributed by atoms with van der Waals surface area (Å²) in [6, 6.07) is 16.8. The summed E-state index contributed by atoms with van der Waals surface area (Å²) in [6.45, 7) is 0.0586. The number of aliphatic carboxylic acids is 1. The predicted molar refractivity (Wildman–Crippen MR) is 83.1 cm³/mol. The molecule has 0 aliphatic heterocycles. The standard InChI is InChI=1S/C16H17NO4S/c18-16(19)15(13-7-3-1-4-8-13)11-12-17-22(20,21)14-9-5-2-6-10-14/h1-10,15,17H,11-12H2,(H,18,19). The van der Waals surface area contributed by atoms with Crippen LogP contribution < -0.4 is 4.72 Å². The van der Waals surface area contributed by atoms with Crippen LogP contribution in [0.2, 0.25) is 0 Å². The van der Waals surface area contributed by atoms with E-state index in [1.165, 1.54) is 12.1 Å². The number of benzene rings is 2. The van der Waals surface area contributed by atoms with E-state index in [0.717, 1.165) is 0 Å². The largest absolute Gasteiger partial charge is 0.481 e. The topological polar surface area (TPSA) is 83.5 Å². The molecule has 6 heteroatoms. The van der Waals surface area contributed by atoms with Crippen LogP contribution in [0.25, 0.3) is 0 Å². The molecule has 0 aromatic heterocycles. The van der Waals surface area contributed by atoms with Crippen molar-refractivity contribution in [1.82, 2.24) is 4.72 Å². The molecule has 2 aromatic carbocycles. The van der Waals surface area contributed by atoms with Crippen LogP contribution in [-0.4, -0.2) is 26.0 Å². The third kappa shape index (κ3) is 4.16. The summed E-state index contributed by atoms with van der Waals surface area (Å²) in [5.74, 6) is -1.70. The van der Waals surface area contributed by atoms with E-state index in [1.807, 2.05) is 0 Å². The molecule has 0 saturated carbocycles. The zero-order valence-electron chi connectivity index (χ0n) is 11.8. The maximum Gasteiger partial charge on any atom is 0.311 e. The van der Waals surface area contributed by atoms with Gasteiger partial charge in [0.2, 0.25) is 10.0 Å². The van der Waals surface area contributed by atoms with Crippen LogP contribution >= 0.6 is 0 Å². The van der Waals surface area contributed by atoms with Gasteiger partial charge in [-0.05, 0) is 24.1 Å². The maximum atomic E-state index is 12.1. The minimum absolute atomic E-state index is 0.0586. The first-order chi connectivity index (χ1) is 10.5. The summed E-state index contributed by atoms with van der Waals surface area (Å²) in [6.07, 6.45) is 0.186. The molecular formula is C16H17NO4S. The lowest BCUT2D eigenvalue weighted by molar-refractivity contribution is -0.138. The van der Waals surface area contributed by atoms with Crippen LogP contribution in [0.5, 0.6) is 0 Å². The van der Waals surface area contributed by atoms with Gasteiger partial charge in [0.25, 0.3) is 0 Å².